The molecule has 1 saturated heterocycles. The number of nitrogens with zero attached hydrogens (tertiary/aromatic N) is 2. The second-order valence-corrected chi connectivity index (χ2v) is 8.96. The van der Waals surface area contributed by atoms with E-state index in [4.69, 9.17) is 0 Å². The summed E-state index contributed by atoms with van der Waals surface area (Å²) < 4.78 is 26.7. The molecule has 0 spiro atoms. The smallest absolute Gasteiger partial charge is 0.243 e. The Morgan fingerprint density at radius 1 is 0.931 bits per heavy atom. The van der Waals surface area contributed by atoms with Gasteiger partial charge in [0, 0.05) is 33.2 Å². The summed E-state index contributed by atoms with van der Waals surface area (Å²) >= 11 is 0. The van der Waals surface area contributed by atoms with Gasteiger partial charge in [-0.05, 0) is 43.0 Å². The van der Waals surface area contributed by atoms with Crippen LogP contribution in [0.25, 0.3) is 0 Å². The summed E-state index contributed by atoms with van der Waals surface area (Å²) in [4.78, 5) is 4.60. The van der Waals surface area contributed by atoms with Gasteiger partial charge >= 0.3 is 0 Å². The van der Waals surface area contributed by atoms with Crippen molar-refractivity contribution in [3.8, 4) is 0 Å². The van der Waals surface area contributed by atoms with E-state index in [1.54, 1.807) is 23.5 Å². The maximum absolute atomic E-state index is 12.6. The highest BCUT2D eigenvalue weighted by Gasteiger charge is 2.26. The third-order valence-corrected chi connectivity index (χ3v) is 6.80. The number of hydrogen-bond acceptors (Lipinski definition) is 3. The Labute approximate surface area is 190 Å². The summed E-state index contributed by atoms with van der Waals surface area (Å²) in [6.07, 6.45) is 1.88. The van der Waals surface area contributed by atoms with Gasteiger partial charge in [0.1, 0.15) is 0 Å². The summed E-state index contributed by atoms with van der Waals surface area (Å²) in [5, 5.41) is 6.54. The van der Waals surface area contributed by atoms with E-state index in [0.717, 1.165) is 18.4 Å². The molecule has 3 rings (SSSR count). The van der Waals surface area contributed by atoms with E-state index in [1.807, 2.05) is 12.1 Å². The van der Waals surface area contributed by atoms with Crippen LogP contribution >= 0.6 is 24.0 Å². The lowest BCUT2D eigenvalue weighted by atomic mass is 10.1. The Hall–Kier alpha value is -1.65. The quantitative estimate of drug-likeness (QED) is 0.343. The molecule has 0 aliphatic carbocycles. The van der Waals surface area contributed by atoms with E-state index in [-0.39, 0.29) is 24.0 Å². The molecule has 6 nitrogen and oxygen atoms in total. The van der Waals surface area contributed by atoms with Crippen molar-refractivity contribution in [3.05, 3.63) is 65.2 Å². The highest BCUT2D eigenvalue weighted by Crippen LogP contribution is 2.21. The number of hydrogen-bond donors (Lipinski definition) is 2. The largest absolute Gasteiger partial charge is 0.352 e. The lowest BCUT2D eigenvalue weighted by Crippen LogP contribution is -2.36. The summed E-state index contributed by atoms with van der Waals surface area (Å²) in [7, 11) is -1.62. The molecular weight excluding hydrogens is 499 g/mol. The van der Waals surface area contributed by atoms with Crippen LogP contribution in [0.5, 0.6) is 0 Å². The second-order valence-electron chi connectivity index (χ2n) is 7.02. The predicted octanol–water partition coefficient (Wildman–Crippen LogP) is 3.26. The lowest BCUT2D eigenvalue weighted by molar-refractivity contribution is 0.477. The van der Waals surface area contributed by atoms with Crippen molar-refractivity contribution in [2.24, 2.45) is 4.99 Å². The molecule has 0 bridgehead atoms. The van der Waals surface area contributed by atoms with E-state index < -0.39 is 10.0 Å². The van der Waals surface area contributed by atoms with Crippen LogP contribution in [0.15, 0.2) is 58.4 Å². The number of rotatable bonds is 6. The Balaban J connectivity index is 0.00000300. The number of nitrogens with one attached hydrogen (secondary N) is 2. The summed E-state index contributed by atoms with van der Waals surface area (Å²) in [5.41, 5.74) is 3.42. The van der Waals surface area contributed by atoms with E-state index in [9.17, 15) is 8.42 Å². The number of guanidine groups is 1. The molecular formula is C21H29IN4O2S. The highest BCUT2D eigenvalue weighted by molar-refractivity contribution is 14.0. The molecule has 0 unspecified atom stereocenters. The summed E-state index contributed by atoms with van der Waals surface area (Å²) in [6.45, 7) is 4.56. The molecule has 0 saturated carbocycles. The number of aliphatic imine (C=N–C) groups is 1. The first-order chi connectivity index (χ1) is 13.5. The zero-order valence-electron chi connectivity index (χ0n) is 16.9. The van der Waals surface area contributed by atoms with Crippen LogP contribution in [-0.4, -0.2) is 38.8 Å². The summed E-state index contributed by atoms with van der Waals surface area (Å²) in [5.74, 6) is 0.703. The lowest BCUT2D eigenvalue weighted by Gasteiger charge is -2.16. The van der Waals surface area contributed by atoms with Crippen LogP contribution in [-0.2, 0) is 23.1 Å². The van der Waals surface area contributed by atoms with E-state index in [2.05, 4.69) is 46.8 Å². The van der Waals surface area contributed by atoms with Crippen LogP contribution in [0.4, 0.5) is 0 Å². The van der Waals surface area contributed by atoms with Gasteiger partial charge in [0.15, 0.2) is 5.96 Å². The van der Waals surface area contributed by atoms with Gasteiger partial charge in [-0.3, -0.25) is 4.99 Å². The predicted molar refractivity (Wildman–Crippen MR) is 128 cm³/mol. The van der Waals surface area contributed by atoms with Crippen molar-refractivity contribution >= 4 is 40.0 Å². The normalized spacial score (nSPS) is 15.0. The van der Waals surface area contributed by atoms with E-state index >= 15 is 0 Å². The fourth-order valence-electron chi connectivity index (χ4n) is 3.15. The number of benzene rings is 2. The standard InChI is InChI=1S/C21H28N4O2S.HI/c1-17-5-7-18(8-6-17)15-23-21(22-2)24-16-19-9-11-20(12-10-19)28(26,27)25-13-3-4-14-25;/h5-12H,3-4,13-16H2,1-2H3,(H2,22,23,24);1H. The zero-order valence-corrected chi connectivity index (χ0v) is 20.0. The fourth-order valence-corrected chi connectivity index (χ4v) is 4.67. The van der Waals surface area contributed by atoms with Crippen LogP contribution in [0, 0.1) is 6.92 Å². The fraction of sp³-hybridized carbons (Fsp3) is 0.381. The van der Waals surface area contributed by atoms with Crippen molar-refractivity contribution in [1.29, 1.82) is 0 Å². The maximum Gasteiger partial charge on any atom is 0.243 e. The number of sulfonamides is 1. The highest BCUT2D eigenvalue weighted by atomic mass is 127. The molecule has 2 aromatic carbocycles. The van der Waals surface area contributed by atoms with Gasteiger partial charge in [0.05, 0.1) is 4.90 Å². The molecule has 1 aliphatic rings. The molecule has 2 N–H and O–H groups in total. The minimum absolute atomic E-state index is 0. The summed E-state index contributed by atoms with van der Waals surface area (Å²) in [6, 6.07) is 15.4. The molecule has 0 radical (unpaired) electrons. The molecule has 8 heteroatoms. The van der Waals surface area contributed by atoms with Crippen LogP contribution < -0.4 is 10.6 Å². The minimum Gasteiger partial charge on any atom is -0.352 e. The van der Waals surface area contributed by atoms with Crippen molar-refractivity contribution < 1.29 is 8.42 Å². The zero-order chi connectivity index (χ0) is 20.0. The number of halogens is 1. The Kier molecular flexibility index (Phi) is 8.91. The SMILES string of the molecule is CN=C(NCc1ccc(C)cc1)NCc1ccc(S(=O)(=O)N2CCCC2)cc1.I. The first-order valence-corrected chi connectivity index (χ1v) is 11.0. The van der Waals surface area contributed by atoms with Gasteiger partial charge in [-0.25, -0.2) is 8.42 Å². The van der Waals surface area contributed by atoms with Crippen molar-refractivity contribution in [2.75, 3.05) is 20.1 Å². The molecule has 158 valence electrons. The van der Waals surface area contributed by atoms with E-state index in [1.165, 1.54) is 11.1 Å². The molecule has 0 atom stereocenters. The molecule has 29 heavy (non-hydrogen) atoms. The van der Waals surface area contributed by atoms with Gasteiger partial charge in [-0.1, -0.05) is 42.0 Å². The van der Waals surface area contributed by atoms with Crippen LogP contribution in [0.1, 0.15) is 29.5 Å². The van der Waals surface area contributed by atoms with E-state index in [0.29, 0.717) is 37.0 Å². The second kappa shape index (κ2) is 10.9. The Morgan fingerprint density at radius 2 is 1.41 bits per heavy atom. The van der Waals surface area contributed by atoms with Crippen LogP contribution in [0.2, 0.25) is 0 Å². The number of aryl methyl sites for hydroxylation is 1. The molecule has 1 fully saturated rings. The molecule has 2 aromatic rings. The monoisotopic (exact) mass is 528 g/mol. The average molecular weight is 528 g/mol. The third kappa shape index (κ3) is 6.42. The molecule has 1 heterocycles. The third-order valence-electron chi connectivity index (χ3n) is 4.89. The molecule has 1 aliphatic heterocycles. The van der Waals surface area contributed by atoms with Crippen molar-refractivity contribution in [2.45, 2.75) is 37.8 Å². The molecule has 0 amide bonds. The minimum atomic E-state index is -3.36. The van der Waals surface area contributed by atoms with Gasteiger partial charge in [0.2, 0.25) is 10.0 Å². The van der Waals surface area contributed by atoms with Gasteiger partial charge in [0.25, 0.3) is 0 Å². The van der Waals surface area contributed by atoms with Crippen molar-refractivity contribution in [3.63, 3.8) is 0 Å². The van der Waals surface area contributed by atoms with Gasteiger partial charge < -0.3 is 10.6 Å². The Morgan fingerprint density at radius 3 is 1.90 bits per heavy atom. The van der Waals surface area contributed by atoms with Gasteiger partial charge in [-0.15, -0.1) is 24.0 Å². The topological polar surface area (TPSA) is 73.8 Å². The Bertz CT molecular complexity index is 907. The van der Waals surface area contributed by atoms with Crippen LogP contribution in [0.3, 0.4) is 0 Å². The molecule has 0 aromatic heterocycles. The van der Waals surface area contributed by atoms with Gasteiger partial charge in [-0.2, -0.15) is 4.31 Å². The van der Waals surface area contributed by atoms with Crippen molar-refractivity contribution in [1.82, 2.24) is 14.9 Å². The average Bonchev–Trinajstić information content (AvgIpc) is 3.25. The first kappa shape index (κ1) is 23.6. The first-order valence-electron chi connectivity index (χ1n) is 9.58. The maximum atomic E-state index is 12.6.